The lowest BCUT2D eigenvalue weighted by molar-refractivity contribution is -0.140. The van der Waals surface area contributed by atoms with Gasteiger partial charge in [0.25, 0.3) is 11.7 Å². The number of benzene rings is 2. The summed E-state index contributed by atoms with van der Waals surface area (Å²) < 4.78 is 5.39. The summed E-state index contributed by atoms with van der Waals surface area (Å²) in [5.74, 6) is -1.44. The lowest BCUT2D eigenvalue weighted by atomic mass is 9.95. The monoisotopic (exact) mass is 440 g/mol. The van der Waals surface area contributed by atoms with Crippen LogP contribution in [0.1, 0.15) is 22.7 Å². The number of aryl methyl sites for hydroxylation is 1. The first kappa shape index (κ1) is 21.6. The average molecular weight is 441 g/mol. The van der Waals surface area contributed by atoms with Gasteiger partial charge >= 0.3 is 0 Å². The molecule has 6 nitrogen and oxygen atoms in total. The third-order valence-electron chi connectivity index (χ3n) is 5.81. The topological polar surface area (TPSA) is 70.1 Å². The number of morpholine rings is 1. The number of carbonyl (C=O) groups excluding carboxylic acids is 2. The smallest absolute Gasteiger partial charge is 0.295 e. The van der Waals surface area contributed by atoms with Crippen LogP contribution >= 0.6 is 11.6 Å². The van der Waals surface area contributed by atoms with Crippen molar-refractivity contribution >= 4 is 29.1 Å². The molecule has 0 aromatic heterocycles. The van der Waals surface area contributed by atoms with E-state index >= 15 is 0 Å². The SMILES string of the molecule is Cc1ccc(C2/C(=C(\O)c3ccc(Cl)cc3)C(=O)C(=O)N2CCN2CCOCC2)cc1. The predicted molar refractivity (Wildman–Crippen MR) is 119 cm³/mol. The van der Waals surface area contributed by atoms with Gasteiger partial charge in [-0.15, -0.1) is 0 Å². The molecule has 2 fully saturated rings. The lowest BCUT2D eigenvalue weighted by Crippen LogP contribution is -2.42. The number of nitrogens with zero attached hydrogens (tertiary/aromatic N) is 2. The highest BCUT2D eigenvalue weighted by Crippen LogP contribution is 2.39. The summed E-state index contributed by atoms with van der Waals surface area (Å²) in [5, 5.41) is 11.6. The zero-order chi connectivity index (χ0) is 22.0. The van der Waals surface area contributed by atoms with Crippen molar-refractivity contribution in [1.82, 2.24) is 9.80 Å². The zero-order valence-electron chi connectivity index (χ0n) is 17.4. The molecule has 1 N–H and O–H groups in total. The first-order valence-electron chi connectivity index (χ1n) is 10.4. The van der Waals surface area contributed by atoms with Crippen LogP contribution in [0.4, 0.5) is 0 Å². The molecule has 2 saturated heterocycles. The highest BCUT2D eigenvalue weighted by Gasteiger charge is 2.46. The summed E-state index contributed by atoms with van der Waals surface area (Å²) >= 11 is 5.96. The minimum atomic E-state index is -0.667. The Kier molecular flexibility index (Phi) is 6.41. The summed E-state index contributed by atoms with van der Waals surface area (Å²) in [6, 6.07) is 13.6. The molecule has 0 aliphatic carbocycles. The van der Waals surface area contributed by atoms with E-state index in [4.69, 9.17) is 16.3 Å². The predicted octanol–water partition coefficient (Wildman–Crippen LogP) is 3.40. The normalized spacial score (nSPS) is 21.6. The molecule has 0 spiro atoms. The molecular formula is C24H25ClN2O4. The number of aliphatic hydroxyl groups excluding tert-OH is 1. The molecule has 7 heteroatoms. The molecule has 2 aromatic rings. The Hall–Kier alpha value is -2.67. The largest absolute Gasteiger partial charge is 0.507 e. The third kappa shape index (κ3) is 4.51. The molecule has 1 unspecified atom stereocenters. The number of likely N-dealkylation sites (tertiary alicyclic amines) is 1. The van der Waals surface area contributed by atoms with Crippen LogP contribution in [0, 0.1) is 6.92 Å². The van der Waals surface area contributed by atoms with Crippen molar-refractivity contribution < 1.29 is 19.4 Å². The Morgan fingerprint density at radius 3 is 2.32 bits per heavy atom. The van der Waals surface area contributed by atoms with E-state index in [0.717, 1.165) is 24.2 Å². The Morgan fingerprint density at radius 1 is 1.03 bits per heavy atom. The molecule has 1 amide bonds. The number of Topliss-reactive ketones (excluding diaryl/α,β-unsaturated/α-hetero) is 1. The standard InChI is InChI=1S/C24H25ClN2O4/c1-16-2-4-17(5-3-16)21-20(22(28)18-6-8-19(25)9-7-18)23(29)24(30)27(21)11-10-26-12-14-31-15-13-26/h2-9,21,28H,10-15H2,1H3/b22-20+. The van der Waals surface area contributed by atoms with E-state index in [9.17, 15) is 14.7 Å². The van der Waals surface area contributed by atoms with Gasteiger partial charge in [0.15, 0.2) is 0 Å². The van der Waals surface area contributed by atoms with Gasteiger partial charge in [0.1, 0.15) is 5.76 Å². The number of carbonyl (C=O) groups is 2. The van der Waals surface area contributed by atoms with Gasteiger partial charge in [-0.25, -0.2) is 0 Å². The third-order valence-corrected chi connectivity index (χ3v) is 6.06. The molecule has 2 aliphatic rings. The van der Waals surface area contributed by atoms with E-state index in [1.807, 2.05) is 31.2 Å². The molecule has 0 bridgehead atoms. The van der Waals surface area contributed by atoms with Crippen molar-refractivity contribution in [3.8, 4) is 0 Å². The first-order valence-corrected chi connectivity index (χ1v) is 10.7. The van der Waals surface area contributed by atoms with Crippen molar-refractivity contribution in [1.29, 1.82) is 0 Å². The summed E-state index contributed by atoms with van der Waals surface area (Å²) in [6.45, 7) is 5.93. The molecule has 1 atom stereocenters. The van der Waals surface area contributed by atoms with E-state index in [0.29, 0.717) is 36.9 Å². The first-order chi connectivity index (χ1) is 15.0. The molecule has 2 heterocycles. The summed E-state index contributed by atoms with van der Waals surface area (Å²) in [7, 11) is 0. The van der Waals surface area contributed by atoms with Crippen LogP contribution in [-0.4, -0.2) is 66.0 Å². The van der Waals surface area contributed by atoms with Crippen LogP contribution in [0.3, 0.4) is 0 Å². The number of hydrogen-bond donors (Lipinski definition) is 1. The van der Waals surface area contributed by atoms with Crippen molar-refractivity contribution in [3.63, 3.8) is 0 Å². The average Bonchev–Trinajstić information content (AvgIpc) is 3.04. The van der Waals surface area contributed by atoms with Gasteiger partial charge in [0, 0.05) is 36.8 Å². The van der Waals surface area contributed by atoms with Crippen LogP contribution in [0.25, 0.3) is 5.76 Å². The molecule has 162 valence electrons. The van der Waals surface area contributed by atoms with Crippen molar-refractivity contribution in [3.05, 3.63) is 75.8 Å². The fraction of sp³-hybridized carbons (Fsp3) is 0.333. The Bertz CT molecular complexity index is 995. The molecule has 0 radical (unpaired) electrons. The number of ketones is 1. The quantitative estimate of drug-likeness (QED) is 0.438. The Balaban J connectivity index is 1.72. The van der Waals surface area contributed by atoms with Gasteiger partial charge in [-0.2, -0.15) is 0 Å². The Morgan fingerprint density at radius 2 is 1.68 bits per heavy atom. The second-order valence-corrected chi connectivity index (χ2v) is 8.30. The van der Waals surface area contributed by atoms with Crippen LogP contribution in [-0.2, 0) is 14.3 Å². The van der Waals surface area contributed by atoms with Crippen molar-refractivity contribution in [2.24, 2.45) is 0 Å². The number of halogens is 1. The highest BCUT2D eigenvalue weighted by molar-refractivity contribution is 6.46. The van der Waals surface area contributed by atoms with E-state index in [-0.39, 0.29) is 11.3 Å². The molecule has 2 aromatic carbocycles. The minimum Gasteiger partial charge on any atom is -0.507 e. The van der Waals surface area contributed by atoms with E-state index in [1.54, 1.807) is 29.2 Å². The number of amides is 1. The van der Waals surface area contributed by atoms with Gasteiger partial charge in [0.2, 0.25) is 0 Å². The molecule has 4 rings (SSSR count). The zero-order valence-corrected chi connectivity index (χ0v) is 18.1. The van der Waals surface area contributed by atoms with Crippen LogP contribution in [0.15, 0.2) is 54.1 Å². The fourth-order valence-corrected chi connectivity index (χ4v) is 4.17. The number of ether oxygens (including phenoxy) is 1. The number of aliphatic hydroxyl groups is 1. The van der Waals surface area contributed by atoms with E-state index in [1.165, 1.54) is 0 Å². The molecule has 0 saturated carbocycles. The van der Waals surface area contributed by atoms with Gasteiger partial charge in [-0.3, -0.25) is 14.5 Å². The maximum absolute atomic E-state index is 13.0. The fourth-order valence-electron chi connectivity index (χ4n) is 4.04. The van der Waals surface area contributed by atoms with Crippen LogP contribution in [0.5, 0.6) is 0 Å². The Labute approximate surface area is 186 Å². The molecular weight excluding hydrogens is 416 g/mol. The second-order valence-electron chi connectivity index (χ2n) is 7.86. The van der Waals surface area contributed by atoms with Gasteiger partial charge in [-0.05, 0) is 36.8 Å². The van der Waals surface area contributed by atoms with Gasteiger partial charge in [-0.1, -0.05) is 41.4 Å². The summed E-state index contributed by atoms with van der Waals surface area (Å²) in [5.41, 5.74) is 2.43. The second kappa shape index (κ2) is 9.22. The highest BCUT2D eigenvalue weighted by atomic mass is 35.5. The minimum absolute atomic E-state index is 0.109. The van der Waals surface area contributed by atoms with Gasteiger partial charge in [0.05, 0.1) is 24.8 Å². The lowest BCUT2D eigenvalue weighted by Gasteiger charge is -2.31. The molecule has 2 aliphatic heterocycles. The van der Waals surface area contributed by atoms with Crippen molar-refractivity contribution in [2.45, 2.75) is 13.0 Å². The van der Waals surface area contributed by atoms with Gasteiger partial charge < -0.3 is 14.7 Å². The van der Waals surface area contributed by atoms with Crippen LogP contribution in [0.2, 0.25) is 5.02 Å². The number of hydrogen-bond acceptors (Lipinski definition) is 5. The number of rotatable bonds is 5. The molecule has 31 heavy (non-hydrogen) atoms. The maximum atomic E-state index is 13.0. The van der Waals surface area contributed by atoms with Crippen molar-refractivity contribution in [2.75, 3.05) is 39.4 Å². The van der Waals surface area contributed by atoms with E-state index in [2.05, 4.69) is 4.90 Å². The van der Waals surface area contributed by atoms with E-state index < -0.39 is 17.7 Å². The van der Waals surface area contributed by atoms with Crippen LogP contribution < -0.4 is 0 Å². The maximum Gasteiger partial charge on any atom is 0.295 e. The summed E-state index contributed by atoms with van der Waals surface area (Å²) in [4.78, 5) is 29.8. The summed E-state index contributed by atoms with van der Waals surface area (Å²) in [6.07, 6.45) is 0.